The van der Waals surface area contributed by atoms with Crippen LogP contribution < -0.4 is 9.86 Å². The van der Waals surface area contributed by atoms with E-state index < -0.39 is 20.0 Å². The highest BCUT2D eigenvalue weighted by Crippen LogP contribution is 2.29. The lowest BCUT2D eigenvalue weighted by Crippen LogP contribution is -2.17. The maximum absolute atomic E-state index is 11.6. The molecule has 1 saturated carbocycles. The molecule has 0 heterocycles. The van der Waals surface area contributed by atoms with Gasteiger partial charge in [-0.25, -0.2) is 22.0 Å². The summed E-state index contributed by atoms with van der Waals surface area (Å²) in [6.45, 7) is 0. The van der Waals surface area contributed by atoms with Crippen molar-refractivity contribution in [3.05, 3.63) is 29.8 Å². The molecule has 0 amide bonds. The van der Waals surface area contributed by atoms with Crippen LogP contribution in [-0.4, -0.2) is 22.1 Å². The smallest absolute Gasteiger partial charge is 0.235 e. The number of sulfonamides is 2. The highest BCUT2D eigenvalue weighted by atomic mass is 32.2. The molecular weight excluding hydrogens is 276 g/mol. The Kier molecular flexibility index (Phi) is 3.35. The molecule has 1 aliphatic rings. The van der Waals surface area contributed by atoms with Gasteiger partial charge in [0.1, 0.15) is 0 Å². The molecule has 0 spiro atoms. The fraction of sp³-hybridized carbons (Fsp3) is 0.400. The van der Waals surface area contributed by atoms with Crippen LogP contribution in [0.4, 0.5) is 5.69 Å². The monoisotopic (exact) mass is 290 g/mol. The summed E-state index contributed by atoms with van der Waals surface area (Å²) in [7, 11) is -6.85. The SMILES string of the molecule is NS(=O)(=O)Cc1ccc(NS(=O)(=O)C2CC2)cc1. The van der Waals surface area contributed by atoms with Gasteiger partial charge in [0.2, 0.25) is 20.0 Å². The van der Waals surface area contributed by atoms with E-state index in [1.165, 1.54) is 24.3 Å². The third-order valence-electron chi connectivity index (χ3n) is 2.55. The van der Waals surface area contributed by atoms with Crippen LogP contribution in [0.15, 0.2) is 24.3 Å². The van der Waals surface area contributed by atoms with E-state index >= 15 is 0 Å². The van der Waals surface area contributed by atoms with Crippen molar-refractivity contribution in [2.75, 3.05) is 4.72 Å². The molecule has 0 radical (unpaired) electrons. The fourth-order valence-corrected chi connectivity index (χ4v) is 3.57. The third-order valence-corrected chi connectivity index (χ3v) is 5.15. The lowest BCUT2D eigenvalue weighted by molar-refractivity contribution is 0.596. The first-order valence-electron chi connectivity index (χ1n) is 5.37. The number of primary sulfonamides is 1. The predicted molar refractivity (Wildman–Crippen MR) is 68.8 cm³/mol. The average Bonchev–Trinajstić information content (AvgIpc) is 3.01. The maximum Gasteiger partial charge on any atom is 0.235 e. The van der Waals surface area contributed by atoms with Crippen LogP contribution in [0.3, 0.4) is 0 Å². The van der Waals surface area contributed by atoms with Crippen LogP contribution >= 0.6 is 0 Å². The second-order valence-electron chi connectivity index (χ2n) is 4.35. The zero-order valence-corrected chi connectivity index (χ0v) is 11.2. The first-order chi connectivity index (χ1) is 8.26. The van der Waals surface area contributed by atoms with Gasteiger partial charge in [-0.15, -0.1) is 0 Å². The molecule has 8 heteroatoms. The Hall–Kier alpha value is -1.12. The van der Waals surface area contributed by atoms with Gasteiger partial charge in [0.15, 0.2) is 0 Å². The minimum atomic E-state index is -3.57. The van der Waals surface area contributed by atoms with E-state index in [-0.39, 0.29) is 11.0 Å². The molecule has 0 saturated heterocycles. The summed E-state index contributed by atoms with van der Waals surface area (Å²) in [6, 6.07) is 6.13. The number of hydrogen-bond donors (Lipinski definition) is 2. The maximum atomic E-state index is 11.6. The molecule has 0 unspecified atom stereocenters. The van der Waals surface area contributed by atoms with E-state index in [0.717, 1.165) is 0 Å². The summed E-state index contributed by atoms with van der Waals surface area (Å²) < 4.78 is 47.5. The van der Waals surface area contributed by atoms with Crippen molar-refractivity contribution in [3.8, 4) is 0 Å². The zero-order chi connectivity index (χ0) is 13.4. The molecule has 6 nitrogen and oxygen atoms in total. The molecule has 0 aliphatic heterocycles. The molecule has 1 fully saturated rings. The molecule has 1 aliphatic carbocycles. The average molecular weight is 290 g/mol. The van der Waals surface area contributed by atoms with E-state index in [1.807, 2.05) is 0 Å². The molecule has 1 aromatic carbocycles. The quantitative estimate of drug-likeness (QED) is 0.817. The molecule has 1 aromatic rings. The van der Waals surface area contributed by atoms with Gasteiger partial charge < -0.3 is 0 Å². The largest absolute Gasteiger partial charge is 0.283 e. The summed E-state index contributed by atoms with van der Waals surface area (Å²) in [5.74, 6) is -0.261. The van der Waals surface area contributed by atoms with E-state index in [2.05, 4.69) is 4.72 Å². The normalized spacial score (nSPS) is 16.5. The molecule has 0 aromatic heterocycles. The molecule has 2 rings (SSSR count). The van der Waals surface area contributed by atoms with Crippen LogP contribution in [-0.2, 0) is 25.8 Å². The minimum Gasteiger partial charge on any atom is -0.283 e. The summed E-state index contributed by atoms with van der Waals surface area (Å²) in [6.07, 6.45) is 1.39. The summed E-state index contributed by atoms with van der Waals surface area (Å²) >= 11 is 0. The van der Waals surface area contributed by atoms with E-state index in [9.17, 15) is 16.8 Å². The molecule has 3 N–H and O–H groups in total. The predicted octanol–water partition coefficient (Wildman–Crippen LogP) is 0.379. The van der Waals surface area contributed by atoms with Gasteiger partial charge >= 0.3 is 0 Å². The lowest BCUT2D eigenvalue weighted by atomic mass is 10.2. The van der Waals surface area contributed by atoms with Gasteiger partial charge in [0.05, 0.1) is 11.0 Å². The van der Waals surface area contributed by atoms with Crippen LogP contribution in [0.2, 0.25) is 0 Å². The van der Waals surface area contributed by atoms with Crippen LogP contribution in [0.5, 0.6) is 0 Å². The van der Waals surface area contributed by atoms with E-state index in [4.69, 9.17) is 5.14 Å². The first-order valence-corrected chi connectivity index (χ1v) is 8.63. The fourth-order valence-electron chi connectivity index (χ4n) is 1.53. The Morgan fingerprint density at radius 1 is 1.11 bits per heavy atom. The Morgan fingerprint density at radius 3 is 2.11 bits per heavy atom. The van der Waals surface area contributed by atoms with Crippen molar-refractivity contribution in [2.45, 2.75) is 23.8 Å². The number of nitrogens with one attached hydrogen (secondary N) is 1. The van der Waals surface area contributed by atoms with E-state index in [1.54, 1.807) is 0 Å². The van der Waals surface area contributed by atoms with Crippen molar-refractivity contribution in [2.24, 2.45) is 5.14 Å². The van der Waals surface area contributed by atoms with Crippen molar-refractivity contribution < 1.29 is 16.8 Å². The second kappa shape index (κ2) is 4.52. The Bertz CT molecular complexity index is 631. The Morgan fingerprint density at radius 2 is 1.67 bits per heavy atom. The van der Waals surface area contributed by atoms with Crippen molar-refractivity contribution >= 4 is 25.7 Å². The number of hydrogen-bond acceptors (Lipinski definition) is 4. The van der Waals surface area contributed by atoms with Crippen LogP contribution in [0, 0.1) is 0 Å². The highest BCUT2D eigenvalue weighted by molar-refractivity contribution is 7.93. The lowest BCUT2D eigenvalue weighted by Gasteiger charge is -2.07. The summed E-state index contributed by atoms with van der Waals surface area (Å²) in [5, 5.41) is 4.63. The number of nitrogens with two attached hydrogens (primary N) is 1. The standard InChI is InChI=1S/C10H14N2O4S2/c11-17(13,14)7-8-1-3-9(4-2-8)12-18(15,16)10-5-6-10/h1-4,10,12H,5-7H2,(H2,11,13,14). The molecule has 0 bridgehead atoms. The number of anilines is 1. The van der Waals surface area contributed by atoms with Gasteiger partial charge in [-0.1, -0.05) is 12.1 Å². The van der Waals surface area contributed by atoms with Gasteiger partial charge in [0, 0.05) is 5.69 Å². The molecule has 100 valence electrons. The Balaban J connectivity index is 2.08. The first kappa shape index (κ1) is 13.3. The molecular formula is C10H14N2O4S2. The summed E-state index contributed by atoms with van der Waals surface area (Å²) in [5.41, 5.74) is 0.951. The van der Waals surface area contributed by atoms with E-state index in [0.29, 0.717) is 24.1 Å². The Labute approximate surface area is 106 Å². The van der Waals surface area contributed by atoms with Crippen molar-refractivity contribution in [1.82, 2.24) is 0 Å². The number of rotatable bonds is 5. The van der Waals surface area contributed by atoms with Crippen molar-refractivity contribution in [3.63, 3.8) is 0 Å². The van der Waals surface area contributed by atoms with Gasteiger partial charge in [-0.2, -0.15) is 0 Å². The topological polar surface area (TPSA) is 106 Å². The molecule has 18 heavy (non-hydrogen) atoms. The van der Waals surface area contributed by atoms with Crippen LogP contribution in [0.1, 0.15) is 18.4 Å². The third kappa shape index (κ3) is 3.69. The highest BCUT2D eigenvalue weighted by Gasteiger charge is 2.35. The minimum absolute atomic E-state index is 0.261. The van der Waals surface area contributed by atoms with Crippen LogP contribution in [0.25, 0.3) is 0 Å². The second-order valence-corrected chi connectivity index (χ2v) is 7.93. The molecule has 0 atom stereocenters. The van der Waals surface area contributed by atoms with Gasteiger partial charge in [0.25, 0.3) is 0 Å². The number of benzene rings is 1. The van der Waals surface area contributed by atoms with Gasteiger partial charge in [-0.05, 0) is 30.5 Å². The summed E-state index contributed by atoms with van der Waals surface area (Å²) in [4.78, 5) is 0. The zero-order valence-electron chi connectivity index (χ0n) is 9.53. The van der Waals surface area contributed by atoms with Crippen molar-refractivity contribution in [1.29, 1.82) is 0 Å². The van der Waals surface area contributed by atoms with Gasteiger partial charge in [-0.3, -0.25) is 4.72 Å².